The van der Waals surface area contributed by atoms with Crippen LogP contribution in [0.3, 0.4) is 0 Å². The summed E-state index contributed by atoms with van der Waals surface area (Å²) in [6.07, 6.45) is 2.22. The molecule has 0 saturated heterocycles. The highest BCUT2D eigenvalue weighted by atomic mass is 79.9. The number of nitrogens with one attached hydrogen (secondary N) is 2. The van der Waals surface area contributed by atoms with Crippen LogP contribution in [0.2, 0.25) is 0 Å². The Hall–Kier alpha value is -0.660. The van der Waals surface area contributed by atoms with E-state index < -0.39 is 21.1 Å². The van der Waals surface area contributed by atoms with E-state index in [1.165, 1.54) is 6.07 Å². The second-order valence-corrected chi connectivity index (χ2v) is 8.17. The molecule has 1 fully saturated rings. The van der Waals surface area contributed by atoms with Crippen LogP contribution in [0.25, 0.3) is 0 Å². The zero-order valence-corrected chi connectivity index (χ0v) is 13.8. The van der Waals surface area contributed by atoms with Gasteiger partial charge in [0.1, 0.15) is 5.82 Å². The van der Waals surface area contributed by atoms with Crippen LogP contribution < -0.4 is 10.0 Å². The van der Waals surface area contributed by atoms with Crippen molar-refractivity contribution in [2.45, 2.75) is 38.0 Å². The lowest BCUT2D eigenvalue weighted by atomic mass is 10.2. The molecule has 1 atom stereocenters. The van der Waals surface area contributed by atoms with Crippen molar-refractivity contribution in [3.63, 3.8) is 0 Å². The van der Waals surface area contributed by atoms with Crippen molar-refractivity contribution in [2.24, 2.45) is 0 Å². The first-order valence-corrected chi connectivity index (χ1v) is 8.84. The van der Waals surface area contributed by atoms with Crippen LogP contribution in [-0.4, -0.2) is 26.3 Å². The molecule has 1 aliphatic rings. The summed E-state index contributed by atoms with van der Waals surface area (Å²) in [5.74, 6) is -0.489. The van der Waals surface area contributed by atoms with Crippen LogP contribution in [0, 0.1) is 12.7 Å². The molecule has 0 spiro atoms. The summed E-state index contributed by atoms with van der Waals surface area (Å²) in [5.41, 5.74) is 0.952. The second-order valence-electron chi connectivity index (χ2n) is 5.22. The molecule has 1 saturated carbocycles. The fraction of sp³-hybridized carbons (Fsp3) is 0.538. The summed E-state index contributed by atoms with van der Waals surface area (Å²) in [5, 5.41) is 2.61. The number of benzene rings is 1. The number of sulfonamides is 1. The van der Waals surface area contributed by atoms with Gasteiger partial charge >= 0.3 is 0 Å². The zero-order chi connectivity index (χ0) is 14.9. The Labute approximate surface area is 127 Å². The minimum Gasteiger partial charge on any atom is -0.313 e. The van der Waals surface area contributed by atoms with E-state index in [0.29, 0.717) is 22.6 Å². The van der Waals surface area contributed by atoms with Gasteiger partial charge in [-0.3, -0.25) is 4.72 Å². The number of hydrogen-bond acceptors (Lipinski definition) is 3. The Bertz CT molecular complexity index is 603. The van der Waals surface area contributed by atoms with Gasteiger partial charge < -0.3 is 5.32 Å². The van der Waals surface area contributed by atoms with Crippen LogP contribution in [0.15, 0.2) is 16.6 Å². The number of hydrogen-bond donors (Lipinski definition) is 2. The highest BCUT2D eigenvalue weighted by Crippen LogP contribution is 2.25. The lowest BCUT2D eigenvalue weighted by Crippen LogP contribution is -2.35. The summed E-state index contributed by atoms with van der Waals surface area (Å²) in [7, 11) is -3.53. The van der Waals surface area contributed by atoms with Gasteiger partial charge in [-0.15, -0.1) is 0 Å². The average Bonchev–Trinajstić information content (AvgIpc) is 3.16. The first-order chi connectivity index (χ1) is 9.29. The topological polar surface area (TPSA) is 58.2 Å². The fourth-order valence-electron chi connectivity index (χ4n) is 1.74. The van der Waals surface area contributed by atoms with Gasteiger partial charge in [-0.05, 0) is 60.3 Å². The molecule has 1 aromatic carbocycles. The predicted molar refractivity (Wildman–Crippen MR) is 81.9 cm³/mol. The second kappa shape index (κ2) is 5.99. The Balaban J connectivity index is 2.08. The number of aryl methyl sites for hydroxylation is 1. The average molecular weight is 365 g/mol. The maximum absolute atomic E-state index is 13.5. The molecule has 0 aliphatic heterocycles. The number of rotatable bonds is 6. The Morgan fingerprint density at radius 3 is 2.70 bits per heavy atom. The van der Waals surface area contributed by atoms with Crippen LogP contribution in [-0.2, 0) is 10.0 Å². The largest absolute Gasteiger partial charge is 0.313 e. The highest BCUT2D eigenvalue weighted by molar-refractivity contribution is 9.10. The molecule has 0 bridgehead atoms. The molecule has 0 radical (unpaired) electrons. The van der Waals surface area contributed by atoms with Crippen molar-refractivity contribution in [1.29, 1.82) is 0 Å². The van der Waals surface area contributed by atoms with E-state index >= 15 is 0 Å². The summed E-state index contributed by atoms with van der Waals surface area (Å²) >= 11 is 3.07. The van der Waals surface area contributed by atoms with Crippen LogP contribution in [0.1, 0.15) is 25.3 Å². The molecule has 1 aromatic rings. The minimum absolute atomic E-state index is 0.281. The first kappa shape index (κ1) is 15.7. The molecule has 112 valence electrons. The normalized spacial score (nSPS) is 17.0. The Morgan fingerprint density at radius 1 is 1.45 bits per heavy atom. The molecule has 7 heteroatoms. The fourth-order valence-corrected chi connectivity index (χ4v) is 3.24. The van der Waals surface area contributed by atoms with Crippen LogP contribution in [0.4, 0.5) is 10.1 Å². The van der Waals surface area contributed by atoms with Crippen LogP contribution >= 0.6 is 15.9 Å². The molecule has 1 aliphatic carbocycles. The van der Waals surface area contributed by atoms with E-state index in [2.05, 4.69) is 26.0 Å². The van der Waals surface area contributed by atoms with E-state index in [0.717, 1.165) is 12.8 Å². The van der Waals surface area contributed by atoms with Crippen molar-refractivity contribution in [1.82, 2.24) is 5.32 Å². The SMILES string of the molecule is Cc1cc(Br)c(F)cc1NS(=O)(=O)C(C)CNC1CC1. The third-order valence-corrected chi connectivity index (χ3v) is 5.66. The molecule has 0 aromatic heterocycles. The van der Waals surface area contributed by atoms with Crippen LogP contribution in [0.5, 0.6) is 0 Å². The molecule has 2 rings (SSSR count). The van der Waals surface area contributed by atoms with E-state index in [9.17, 15) is 12.8 Å². The smallest absolute Gasteiger partial charge is 0.236 e. The summed E-state index contributed by atoms with van der Waals surface area (Å²) in [6.45, 7) is 3.77. The van der Waals surface area contributed by atoms with E-state index in [1.807, 2.05) is 0 Å². The van der Waals surface area contributed by atoms with Gasteiger partial charge in [-0.1, -0.05) is 0 Å². The van der Waals surface area contributed by atoms with Gasteiger partial charge in [0.25, 0.3) is 0 Å². The molecule has 20 heavy (non-hydrogen) atoms. The van der Waals surface area contributed by atoms with Gasteiger partial charge in [0, 0.05) is 12.6 Å². The summed E-state index contributed by atoms with van der Waals surface area (Å²) in [4.78, 5) is 0. The summed E-state index contributed by atoms with van der Waals surface area (Å²) in [6, 6.07) is 3.21. The molecular weight excluding hydrogens is 347 g/mol. The monoisotopic (exact) mass is 364 g/mol. The molecule has 2 N–H and O–H groups in total. The lowest BCUT2D eigenvalue weighted by Gasteiger charge is -2.17. The van der Waals surface area contributed by atoms with Gasteiger partial charge in [0.2, 0.25) is 10.0 Å². The third kappa shape index (κ3) is 3.93. The maximum Gasteiger partial charge on any atom is 0.236 e. The van der Waals surface area contributed by atoms with Crippen molar-refractivity contribution in [3.05, 3.63) is 28.0 Å². The maximum atomic E-state index is 13.5. The van der Waals surface area contributed by atoms with Gasteiger partial charge in [-0.2, -0.15) is 0 Å². The molecule has 1 unspecified atom stereocenters. The Kier molecular flexibility index (Phi) is 4.71. The van der Waals surface area contributed by atoms with E-state index in [4.69, 9.17) is 0 Å². The van der Waals surface area contributed by atoms with E-state index in [1.54, 1.807) is 19.9 Å². The molecular formula is C13H18BrFN2O2S. The van der Waals surface area contributed by atoms with E-state index in [-0.39, 0.29) is 5.69 Å². The molecule has 4 nitrogen and oxygen atoms in total. The van der Waals surface area contributed by atoms with Crippen molar-refractivity contribution >= 4 is 31.6 Å². The minimum atomic E-state index is -3.53. The summed E-state index contributed by atoms with van der Waals surface area (Å²) < 4.78 is 40.7. The lowest BCUT2D eigenvalue weighted by molar-refractivity contribution is 0.576. The quantitative estimate of drug-likeness (QED) is 0.815. The predicted octanol–water partition coefficient (Wildman–Crippen LogP) is 2.78. The molecule has 0 amide bonds. The zero-order valence-electron chi connectivity index (χ0n) is 11.4. The third-order valence-electron chi connectivity index (χ3n) is 3.32. The standard InChI is InChI=1S/C13H18BrFN2O2S/c1-8-5-11(14)12(15)6-13(8)17-20(18,19)9(2)7-16-10-3-4-10/h5-6,9-10,16-17H,3-4,7H2,1-2H3. The van der Waals surface area contributed by atoms with Gasteiger partial charge in [0.15, 0.2) is 0 Å². The highest BCUT2D eigenvalue weighted by Gasteiger charge is 2.26. The van der Waals surface area contributed by atoms with Crippen molar-refractivity contribution in [3.8, 4) is 0 Å². The van der Waals surface area contributed by atoms with Crippen molar-refractivity contribution in [2.75, 3.05) is 11.3 Å². The number of anilines is 1. The Morgan fingerprint density at radius 2 is 2.10 bits per heavy atom. The van der Waals surface area contributed by atoms with Gasteiger partial charge in [0.05, 0.1) is 15.4 Å². The number of halogens is 2. The first-order valence-electron chi connectivity index (χ1n) is 6.50. The van der Waals surface area contributed by atoms with Gasteiger partial charge in [-0.25, -0.2) is 12.8 Å². The van der Waals surface area contributed by atoms with Crippen molar-refractivity contribution < 1.29 is 12.8 Å². The molecule has 0 heterocycles.